The standard InChI is InChI=1S/C45H50N2O4/c1-3-5-7-9-28-48-44-24-16-38(17-25-44)40(34-46)32-36-12-20-42(21-13-36)50-30-11-31-51-43-22-14-37(15-23-43)33-41(35-47)39-18-26-45(27-19-39)49-29-10-8-6-4-2/h12-27,32-33H,3-11,28-31H2,1-2H3/b40-32-,41-33+. The molecule has 6 heteroatoms. The predicted molar refractivity (Wildman–Crippen MR) is 208 cm³/mol. The summed E-state index contributed by atoms with van der Waals surface area (Å²) in [4.78, 5) is 0. The summed E-state index contributed by atoms with van der Waals surface area (Å²) in [5, 5.41) is 19.6. The number of nitrogens with zero attached hydrogens (tertiary/aromatic N) is 2. The van der Waals surface area contributed by atoms with Crippen LogP contribution in [0.3, 0.4) is 0 Å². The van der Waals surface area contributed by atoms with E-state index in [4.69, 9.17) is 18.9 Å². The Morgan fingerprint density at radius 3 is 1.06 bits per heavy atom. The van der Waals surface area contributed by atoms with Crippen molar-refractivity contribution in [2.45, 2.75) is 71.6 Å². The number of nitriles is 2. The first-order chi connectivity index (χ1) is 25.1. The van der Waals surface area contributed by atoms with Crippen LogP contribution < -0.4 is 18.9 Å². The molecule has 0 aliphatic heterocycles. The Bertz CT molecular complexity index is 1600. The number of rotatable bonds is 22. The van der Waals surface area contributed by atoms with Gasteiger partial charge in [0.05, 0.1) is 49.7 Å². The van der Waals surface area contributed by atoms with E-state index in [1.54, 1.807) is 0 Å². The van der Waals surface area contributed by atoms with Gasteiger partial charge in [-0.15, -0.1) is 0 Å². The van der Waals surface area contributed by atoms with Crippen LogP contribution in [0.4, 0.5) is 0 Å². The first kappa shape index (κ1) is 38.3. The van der Waals surface area contributed by atoms with Crippen LogP contribution in [0.2, 0.25) is 0 Å². The van der Waals surface area contributed by atoms with Gasteiger partial charge < -0.3 is 18.9 Å². The topological polar surface area (TPSA) is 84.5 Å². The van der Waals surface area contributed by atoms with Crippen LogP contribution in [-0.4, -0.2) is 26.4 Å². The Kier molecular flexibility index (Phi) is 16.8. The average molecular weight is 683 g/mol. The second-order valence-corrected chi connectivity index (χ2v) is 12.4. The Balaban J connectivity index is 1.17. The molecule has 0 N–H and O–H groups in total. The maximum absolute atomic E-state index is 9.78. The van der Waals surface area contributed by atoms with Gasteiger partial charge in [-0.25, -0.2) is 0 Å². The van der Waals surface area contributed by atoms with Crippen molar-refractivity contribution in [3.63, 3.8) is 0 Å². The second kappa shape index (κ2) is 22.3. The van der Waals surface area contributed by atoms with Crippen molar-refractivity contribution in [3.05, 3.63) is 119 Å². The summed E-state index contributed by atoms with van der Waals surface area (Å²) in [6.45, 7) is 6.86. The fraction of sp³-hybridized carbons (Fsp3) is 0.333. The van der Waals surface area contributed by atoms with Crippen LogP contribution in [0.15, 0.2) is 97.1 Å². The number of unbranched alkanes of at least 4 members (excludes halogenated alkanes) is 6. The lowest BCUT2D eigenvalue weighted by molar-refractivity contribution is 0.247. The fourth-order valence-corrected chi connectivity index (χ4v) is 5.35. The molecule has 0 atom stereocenters. The lowest BCUT2D eigenvalue weighted by Crippen LogP contribution is -2.05. The fourth-order valence-electron chi connectivity index (χ4n) is 5.35. The molecule has 0 radical (unpaired) electrons. The number of allylic oxidation sites excluding steroid dienone is 2. The normalized spacial score (nSPS) is 11.4. The maximum atomic E-state index is 9.78. The second-order valence-electron chi connectivity index (χ2n) is 12.4. The minimum atomic E-state index is 0.515. The van der Waals surface area contributed by atoms with E-state index in [0.29, 0.717) is 37.6 Å². The summed E-state index contributed by atoms with van der Waals surface area (Å²) in [7, 11) is 0. The van der Waals surface area contributed by atoms with Crippen LogP contribution in [0, 0.1) is 22.7 Å². The van der Waals surface area contributed by atoms with Gasteiger partial charge in [-0.1, -0.05) is 76.6 Å². The summed E-state index contributed by atoms with van der Waals surface area (Å²) in [6.07, 6.45) is 13.8. The van der Waals surface area contributed by atoms with Crippen molar-refractivity contribution >= 4 is 23.3 Å². The molecule has 0 fully saturated rings. The number of ether oxygens (including phenoxy) is 4. The minimum absolute atomic E-state index is 0.515. The third-order valence-electron chi connectivity index (χ3n) is 8.31. The van der Waals surface area contributed by atoms with Crippen LogP contribution >= 0.6 is 0 Å². The molecule has 0 amide bonds. The third-order valence-corrected chi connectivity index (χ3v) is 8.31. The lowest BCUT2D eigenvalue weighted by Gasteiger charge is -2.09. The molecule has 0 heterocycles. The summed E-state index contributed by atoms with van der Waals surface area (Å²) in [6, 6.07) is 35.5. The molecule has 0 aliphatic carbocycles. The first-order valence-electron chi connectivity index (χ1n) is 18.3. The van der Waals surface area contributed by atoms with Crippen molar-refractivity contribution in [3.8, 4) is 35.1 Å². The molecular formula is C45H50N2O4. The Morgan fingerprint density at radius 1 is 0.431 bits per heavy atom. The lowest BCUT2D eigenvalue weighted by atomic mass is 10.0. The van der Waals surface area contributed by atoms with E-state index < -0.39 is 0 Å². The highest BCUT2D eigenvalue weighted by Crippen LogP contribution is 2.24. The zero-order chi connectivity index (χ0) is 35.9. The van der Waals surface area contributed by atoms with Gasteiger partial charge >= 0.3 is 0 Å². The zero-order valence-corrected chi connectivity index (χ0v) is 30.1. The van der Waals surface area contributed by atoms with Crippen molar-refractivity contribution in [1.82, 2.24) is 0 Å². The highest BCUT2D eigenvalue weighted by atomic mass is 16.5. The predicted octanol–water partition coefficient (Wildman–Crippen LogP) is 11.6. The molecule has 264 valence electrons. The molecule has 0 aromatic heterocycles. The van der Waals surface area contributed by atoms with E-state index >= 15 is 0 Å². The van der Waals surface area contributed by atoms with Crippen LogP contribution in [-0.2, 0) is 0 Å². The number of hydrogen-bond donors (Lipinski definition) is 0. The van der Waals surface area contributed by atoms with Gasteiger partial charge in [0.25, 0.3) is 0 Å². The summed E-state index contributed by atoms with van der Waals surface area (Å²) >= 11 is 0. The third kappa shape index (κ3) is 13.8. The van der Waals surface area contributed by atoms with Gasteiger partial charge in [0, 0.05) is 6.42 Å². The minimum Gasteiger partial charge on any atom is -0.494 e. The smallest absolute Gasteiger partial charge is 0.119 e. The summed E-state index contributed by atoms with van der Waals surface area (Å²) < 4.78 is 23.5. The maximum Gasteiger partial charge on any atom is 0.119 e. The highest BCUT2D eigenvalue weighted by Gasteiger charge is 2.05. The van der Waals surface area contributed by atoms with Crippen LogP contribution in [0.25, 0.3) is 23.3 Å². The van der Waals surface area contributed by atoms with Crippen molar-refractivity contribution < 1.29 is 18.9 Å². The molecule has 0 bridgehead atoms. The average Bonchev–Trinajstić information content (AvgIpc) is 3.17. The zero-order valence-electron chi connectivity index (χ0n) is 30.1. The van der Waals surface area contributed by atoms with Gasteiger partial charge in [0.15, 0.2) is 0 Å². The van der Waals surface area contributed by atoms with Gasteiger partial charge in [-0.05, 0) is 120 Å². The first-order valence-corrected chi connectivity index (χ1v) is 18.3. The van der Waals surface area contributed by atoms with Gasteiger partial charge in [0.2, 0.25) is 0 Å². The molecule has 0 saturated heterocycles. The largest absolute Gasteiger partial charge is 0.494 e. The summed E-state index contributed by atoms with van der Waals surface area (Å²) in [5.74, 6) is 3.18. The molecule has 4 rings (SSSR count). The monoisotopic (exact) mass is 682 g/mol. The van der Waals surface area contributed by atoms with E-state index in [1.165, 1.54) is 38.5 Å². The highest BCUT2D eigenvalue weighted by molar-refractivity contribution is 5.90. The molecule has 4 aromatic carbocycles. The SMILES string of the molecule is CCCCCCOc1ccc(/C(C#N)=C/c2ccc(OCCCOc3ccc(/C=C(/C#N)c4ccc(OCCCCCC)cc4)cc3)cc2)cc1. The van der Waals surface area contributed by atoms with Crippen molar-refractivity contribution in [1.29, 1.82) is 10.5 Å². The van der Waals surface area contributed by atoms with Gasteiger partial charge in [-0.3, -0.25) is 0 Å². The Morgan fingerprint density at radius 2 is 0.745 bits per heavy atom. The van der Waals surface area contributed by atoms with E-state index in [-0.39, 0.29) is 0 Å². The van der Waals surface area contributed by atoms with E-state index in [1.807, 2.05) is 109 Å². The van der Waals surface area contributed by atoms with Crippen LogP contribution in [0.5, 0.6) is 23.0 Å². The summed E-state index contributed by atoms with van der Waals surface area (Å²) in [5.41, 5.74) is 4.75. The molecule has 0 unspecified atom stereocenters. The Hall–Kier alpha value is -5.46. The van der Waals surface area contributed by atoms with E-state index in [0.717, 1.165) is 64.5 Å². The molecule has 0 saturated carbocycles. The molecule has 6 nitrogen and oxygen atoms in total. The quantitative estimate of drug-likeness (QED) is 0.0466. The number of benzene rings is 4. The Labute approximate surface area is 304 Å². The van der Waals surface area contributed by atoms with Crippen molar-refractivity contribution in [2.75, 3.05) is 26.4 Å². The van der Waals surface area contributed by atoms with Crippen molar-refractivity contribution in [2.24, 2.45) is 0 Å². The van der Waals surface area contributed by atoms with Gasteiger partial charge in [-0.2, -0.15) is 10.5 Å². The molecule has 0 spiro atoms. The van der Waals surface area contributed by atoms with Gasteiger partial charge in [0.1, 0.15) is 23.0 Å². The molecule has 51 heavy (non-hydrogen) atoms. The molecular weight excluding hydrogens is 633 g/mol. The van der Waals surface area contributed by atoms with E-state index in [9.17, 15) is 10.5 Å². The molecule has 4 aromatic rings. The number of hydrogen-bond acceptors (Lipinski definition) is 6. The molecule has 0 aliphatic rings. The van der Waals surface area contributed by atoms with Crippen LogP contribution in [0.1, 0.15) is 93.9 Å². The van der Waals surface area contributed by atoms with E-state index in [2.05, 4.69) is 26.0 Å².